The van der Waals surface area contributed by atoms with E-state index in [0.717, 1.165) is 5.56 Å². The average Bonchev–Trinajstić information content (AvgIpc) is 3.11. The topological polar surface area (TPSA) is 94.5 Å². The van der Waals surface area contributed by atoms with E-state index in [4.69, 9.17) is 5.26 Å². The van der Waals surface area contributed by atoms with Crippen molar-refractivity contribution in [3.05, 3.63) is 60.2 Å². The summed E-state index contributed by atoms with van der Waals surface area (Å²) in [7, 11) is 0. The minimum atomic E-state index is -0.411. The quantitative estimate of drug-likeness (QED) is 0.688. The van der Waals surface area contributed by atoms with Crippen molar-refractivity contribution < 1.29 is 4.79 Å². The largest absolute Gasteiger partial charge is 0.324 e. The van der Waals surface area contributed by atoms with Gasteiger partial charge in [0.1, 0.15) is 6.07 Å². The molecule has 3 rings (SSSR count). The molecule has 0 aliphatic carbocycles. The number of nitrogens with one attached hydrogen (secondary N) is 2. The van der Waals surface area contributed by atoms with Crippen LogP contribution in [0.5, 0.6) is 0 Å². The van der Waals surface area contributed by atoms with Gasteiger partial charge in [-0.1, -0.05) is 54.2 Å². The van der Waals surface area contributed by atoms with Crippen molar-refractivity contribution in [2.75, 3.05) is 5.32 Å². The number of aromatic nitrogens is 3. The highest BCUT2D eigenvalue weighted by atomic mass is 32.2. The van der Waals surface area contributed by atoms with Gasteiger partial charge < -0.3 is 5.32 Å². The van der Waals surface area contributed by atoms with Gasteiger partial charge in [-0.25, -0.2) is 4.98 Å². The van der Waals surface area contributed by atoms with Crippen LogP contribution in [0, 0.1) is 11.3 Å². The standard InChI is InChI=1S/C18H15N5OS/c1-12(17(24)20-15-10-6-5-9-14(15)11-19)25-18-21-16(22-23-18)13-7-3-2-4-8-13/h2-10,12H,1H3,(H,20,24)(H,21,22,23)/t12-/m1/s1. The minimum Gasteiger partial charge on any atom is -0.324 e. The van der Waals surface area contributed by atoms with E-state index < -0.39 is 5.25 Å². The van der Waals surface area contributed by atoms with E-state index in [1.807, 2.05) is 30.3 Å². The van der Waals surface area contributed by atoms with Gasteiger partial charge in [-0.3, -0.25) is 9.89 Å². The summed E-state index contributed by atoms with van der Waals surface area (Å²) in [5.41, 5.74) is 1.86. The first-order valence-electron chi connectivity index (χ1n) is 7.62. The molecule has 2 N–H and O–H groups in total. The van der Waals surface area contributed by atoms with Crippen LogP contribution in [0.25, 0.3) is 11.4 Å². The Morgan fingerprint density at radius 2 is 1.92 bits per heavy atom. The molecule has 0 unspecified atom stereocenters. The van der Waals surface area contributed by atoms with Gasteiger partial charge in [-0.2, -0.15) is 5.26 Å². The molecule has 124 valence electrons. The normalized spacial score (nSPS) is 11.5. The molecule has 1 aromatic heterocycles. The Bertz CT molecular complexity index is 916. The second-order valence-electron chi connectivity index (χ2n) is 5.24. The molecule has 0 saturated carbocycles. The van der Waals surface area contributed by atoms with E-state index in [2.05, 4.69) is 26.6 Å². The summed E-state index contributed by atoms with van der Waals surface area (Å²) in [4.78, 5) is 16.8. The first-order chi connectivity index (χ1) is 12.2. The zero-order chi connectivity index (χ0) is 17.6. The van der Waals surface area contributed by atoms with Crippen LogP contribution in [0.4, 0.5) is 5.69 Å². The fourth-order valence-corrected chi connectivity index (χ4v) is 2.88. The number of H-pyrrole nitrogens is 1. The Balaban J connectivity index is 1.66. The first kappa shape index (κ1) is 16.7. The predicted octanol–water partition coefficient (Wildman–Crippen LogP) is 3.46. The maximum Gasteiger partial charge on any atom is 0.237 e. The third kappa shape index (κ3) is 4.05. The SMILES string of the molecule is C[C@@H](Sc1n[nH]c(-c2ccccc2)n1)C(=O)Nc1ccccc1C#N. The molecule has 6 nitrogen and oxygen atoms in total. The van der Waals surface area contributed by atoms with Gasteiger partial charge in [0.05, 0.1) is 16.5 Å². The van der Waals surface area contributed by atoms with Crippen molar-refractivity contribution in [3.8, 4) is 17.5 Å². The van der Waals surface area contributed by atoms with E-state index in [0.29, 0.717) is 22.2 Å². The Morgan fingerprint density at radius 3 is 2.68 bits per heavy atom. The van der Waals surface area contributed by atoms with E-state index >= 15 is 0 Å². The lowest BCUT2D eigenvalue weighted by molar-refractivity contribution is -0.115. The lowest BCUT2D eigenvalue weighted by atomic mass is 10.2. The number of hydrogen-bond acceptors (Lipinski definition) is 5. The lowest BCUT2D eigenvalue weighted by Gasteiger charge is -2.11. The van der Waals surface area contributed by atoms with Crippen molar-refractivity contribution in [1.82, 2.24) is 15.2 Å². The molecule has 1 atom stereocenters. The molecular weight excluding hydrogens is 334 g/mol. The number of hydrogen-bond donors (Lipinski definition) is 2. The van der Waals surface area contributed by atoms with Gasteiger partial charge in [0.2, 0.25) is 11.1 Å². The third-order valence-electron chi connectivity index (χ3n) is 3.47. The van der Waals surface area contributed by atoms with Crippen LogP contribution in [-0.4, -0.2) is 26.3 Å². The summed E-state index contributed by atoms with van der Waals surface area (Å²) in [5, 5.41) is 19.0. The van der Waals surface area contributed by atoms with Crippen LogP contribution in [-0.2, 0) is 4.79 Å². The molecule has 0 bridgehead atoms. The Morgan fingerprint density at radius 1 is 1.20 bits per heavy atom. The molecule has 0 aliphatic heterocycles. The van der Waals surface area contributed by atoms with E-state index in [1.54, 1.807) is 31.2 Å². The number of carbonyl (C=O) groups is 1. The van der Waals surface area contributed by atoms with Crippen molar-refractivity contribution in [3.63, 3.8) is 0 Å². The highest BCUT2D eigenvalue weighted by Gasteiger charge is 2.18. The molecule has 3 aromatic rings. The Hall–Kier alpha value is -3.11. The maximum atomic E-state index is 12.4. The lowest BCUT2D eigenvalue weighted by Crippen LogP contribution is -2.23. The first-order valence-corrected chi connectivity index (χ1v) is 8.50. The van der Waals surface area contributed by atoms with Gasteiger partial charge >= 0.3 is 0 Å². The van der Waals surface area contributed by atoms with Crippen LogP contribution in [0.1, 0.15) is 12.5 Å². The van der Waals surface area contributed by atoms with Crippen LogP contribution in [0.2, 0.25) is 0 Å². The Labute approximate surface area is 149 Å². The van der Waals surface area contributed by atoms with Crippen molar-refractivity contribution in [1.29, 1.82) is 5.26 Å². The molecule has 7 heteroatoms. The second kappa shape index (κ2) is 7.64. The number of thioether (sulfide) groups is 1. The number of amides is 1. The highest BCUT2D eigenvalue weighted by molar-refractivity contribution is 8.00. The molecule has 1 amide bonds. The monoisotopic (exact) mass is 349 g/mol. The number of benzene rings is 2. The molecule has 0 spiro atoms. The molecule has 2 aromatic carbocycles. The summed E-state index contributed by atoms with van der Waals surface area (Å²) >= 11 is 1.25. The van der Waals surface area contributed by atoms with Crippen LogP contribution >= 0.6 is 11.8 Å². The van der Waals surface area contributed by atoms with Gasteiger partial charge in [0, 0.05) is 5.56 Å². The summed E-state index contributed by atoms with van der Waals surface area (Å²) in [6.45, 7) is 1.77. The molecule has 0 saturated heterocycles. The molecule has 25 heavy (non-hydrogen) atoms. The van der Waals surface area contributed by atoms with Crippen molar-refractivity contribution in [2.45, 2.75) is 17.3 Å². The Kier molecular flexibility index (Phi) is 5.11. The minimum absolute atomic E-state index is 0.209. The zero-order valence-electron chi connectivity index (χ0n) is 13.4. The second-order valence-corrected chi connectivity index (χ2v) is 6.55. The van der Waals surface area contributed by atoms with Crippen molar-refractivity contribution >= 4 is 23.4 Å². The fraction of sp³-hybridized carbons (Fsp3) is 0.111. The maximum absolute atomic E-state index is 12.4. The number of rotatable bonds is 5. The number of nitriles is 1. The molecule has 0 aliphatic rings. The van der Waals surface area contributed by atoms with Gasteiger partial charge in [-0.05, 0) is 19.1 Å². The summed E-state index contributed by atoms with van der Waals surface area (Å²) in [6, 6.07) is 18.6. The van der Waals surface area contributed by atoms with Crippen LogP contribution < -0.4 is 5.32 Å². The summed E-state index contributed by atoms with van der Waals surface area (Å²) in [5.74, 6) is 0.448. The average molecular weight is 349 g/mol. The fourth-order valence-electron chi connectivity index (χ4n) is 2.16. The van der Waals surface area contributed by atoms with Crippen LogP contribution in [0.15, 0.2) is 59.8 Å². The number of nitrogens with zero attached hydrogens (tertiary/aromatic N) is 3. The molecule has 1 heterocycles. The van der Waals surface area contributed by atoms with Crippen LogP contribution in [0.3, 0.4) is 0 Å². The number of anilines is 1. The third-order valence-corrected chi connectivity index (χ3v) is 4.43. The smallest absolute Gasteiger partial charge is 0.237 e. The summed E-state index contributed by atoms with van der Waals surface area (Å²) in [6.07, 6.45) is 0. The van der Waals surface area contributed by atoms with E-state index in [1.165, 1.54) is 11.8 Å². The van der Waals surface area contributed by atoms with E-state index in [-0.39, 0.29) is 5.91 Å². The van der Waals surface area contributed by atoms with Crippen molar-refractivity contribution in [2.24, 2.45) is 0 Å². The molecule has 0 radical (unpaired) electrons. The highest BCUT2D eigenvalue weighted by Crippen LogP contribution is 2.24. The zero-order valence-corrected chi connectivity index (χ0v) is 14.2. The molecule has 0 fully saturated rings. The number of para-hydroxylation sites is 1. The predicted molar refractivity (Wildman–Crippen MR) is 96.9 cm³/mol. The number of aromatic amines is 1. The van der Waals surface area contributed by atoms with Gasteiger partial charge in [0.15, 0.2) is 5.82 Å². The molecular formula is C18H15N5OS. The van der Waals surface area contributed by atoms with E-state index in [9.17, 15) is 4.79 Å². The summed E-state index contributed by atoms with van der Waals surface area (Å²) < 4.78 is 0. The van der Waals surface area contributed by atoms with Gasteiger partial charge in [0.25, 0.3) is 0 Å². The van der Waals surface area contributed by atoms with Gasteiger partial charge in [-0.15, -0.1) is 5.10 Å². The number of carbonyl (C=O) groups excluding carboxylic acids is 1.